The molecule has 0 aliphatic rings. The van der Waals surface area contributed by atoms with Crippen LogP contribution in [0, 0.1) is 0 Å². The van der Waals surface area contributed by atoms with Gasteiger partial charge in [0.05, 0.1) is 5.56 Å². The summed E-state index contributed by atoms with van der Waals surface area (Å²) in [7, 11) is 0. The standard InChI is InChI=1S/C13H7F6N/c14-12(15,16)10-3-1-2-8(6-10)9-4-5-20-11(7-9)13(17,18)19/h1-7H. The average Bonchev–Trinajstić information content (AvgIpc) is 2.37. The maximum atomic E-state index is 12.6. The van der Waals surface area contributed by atoms with Gasteiger partial charge in [0.1, 0.15) is 5.69 Å². The van der Waals surface area contributed by atoms with Crippen LogP contribution in [-0.2, 0) is 12.4 Å². The van der Waals surface area contributed by atoms with Crippen LogP contribution < -0.4 is 0 Å². The molecule has 1 aromatic heterocycles. The first-order chi connectivity index (χ1) is 9.18. The van der Waals surface area contributed by atoms with Gasteiger partial charge in [0, 0.05) is 6.20 Å². The van der Waals surface area contributed by atoms with E-state index in [1.54, 1.807) is 0 Å². The molecule has 0 unspecified atom stereocenters. The Kier molecular flexibility index (Phi) is 3.45. The minimum absolute atomic E-state index is 0.0263. The van der Waals surface area contributed by atoms with Crippen LogP contribution in [0.2, 0.25) is 0 Å². The molecule has 0 fully saturated rings. The van der Waals surface area contributed by atoms with E-state index in [0.29, 0.717) is 0 Å². The van der Waals surface area contributed by atoms with Gasteiger partial charge in [0.15, 0.2) is 0 Å². The summed E-state index contributed by atoms with van der Waals surface area (Å²) < 4.78 is 75.2. The van der Waals surface area contributed by atoms with E-state index in [9.17, 15) is 26.3 Å². The fraction of sp³-hybridized carbons (Fsp3) is 0.154. The Bertz CT molecular complexity index is 559. The highest BCUT2D eigenvalue weighted by atomic mass is 19.4. The summed E-state index contributed by atoms with van der Waals surface area (Å²) >= 11 is 0. The van der Waals surface area contributed by atoms with Crippen molar-refractivity contribution < 1.29 is 26.3 Å². The van der Waals surface area contributed by atoms with E-state index in [1.807, 2.05) is 0 Å². The first-order valence-corrected chi connectivity index (χ1v) is 5.39. The molecule has 2 rings (SSSR count). The van der Waals surface area contributed by atoms with Gasteiger partial charge in [-0.3, -0.25) is 4.98 Å². The third-order valence-electron chi connectivity index (χ3n) is 2.57. The lowest BCUT2D eigenvalue weighted by Gasteiger charge is -2.10. The molecule has 0 atom stereocenters. The maximum absolute atomic E-state index is 12.6. The second kappa shape index (κ2) is 4.81. The van der Waals surface area contributed by atoms with Gasteiger partial charge in [0.25, 0.3) is 0 Å². The number of alkyl halides is 6. The molecule has 1 aromatic carbocycles. The lowest BCUT2D eigenvalue weighted by atomic mass is 10.0. The van der Waals surface area contributed by atoms with Crippen molar-refractivity contribution in [2.45, 2.75) is 12.4 Å². The van der Waals surface area contributed by atoms with Crippen molar-refractivity contribution in [2.75, 3.05) is 0 Å². The van der Waals surface area contributed by atoms with E-state index in [2.05, 4.69) is 4.98 Å². The van der Waals surface area contributed by atoms with Crippen LogP contribution in [0.4, 0.5) is 26.3 Å². The molecule has 7 heteroatoms. The monoisotopic (exact) mass is 291 g/mol. The van der Waals surface area contributed by atoms with Gasteiger partial charge in [-0.05, 0) is 35.4 Å². The summed E-state index contributed by atoms with van der Waals surface area (Å²) in [6, 6.07) is 6.06. The molecule has 20 heavy (non-hydrogen) atoms. The smallest absolute Gasteiger partial charge is 0.252 e. The van der Waals surface area contributed by atoms with Gasteiger partial charge in [-0.15, -0.1) is 0 Å². The molecular formula is C13H7F6N. The Morgan fingerprint density at radius 3 is 2.00 bits per heavy atom. The molecule has 0 saturated heterocycles. The molecule has 0 amide bonds. The zero-order chi connectivity index (χ0) is 15.0. The van der Waals surface area contributed by atoms with Gasteiger partial charge in [-0.25, -0.2) is 0 Å². The van der Waals surface area contributed by atoms with Crippen molar-refractivity contribution in [3.05, 3.63) is 53.9 Å². The molecule has 0 N–H and O–H groups in total. The number of halogens is 6. The van der Waals surface area contributed by atoms with Crippen molar-refractivity contribution in [2.24, 2.45) is 0 Å². The lowest BCUT2D eigenvalue weighted by Crippen LogP contribution is -2.07. The molecule has 1 nitrogen and oxygen atoms in total. The minimum Gasteiger partial charge on any atom is -0.252 e. The van der Waals surface area contributed by atoms with Crippen LogP contribution in [0.3, 0.4) is 0 Å². The number of rotatable bonds is 1. The van der Waals surface area contributed by atoms with Crippen LogP contribution >= 0.6 is 0 Å². The van der Waals surface area contributed by atoms with E-state index in [-0.39, 0.29) is 11.1 Å². The quantitative estimate of drug-likeness (QED) is 0.689. The topological polar surface area (TPSA) is 12.9 Å². The fourth-order valence-electron chi connectivity index (χ4n) is 1.64. The van der Waals surface area contributed by atoms with Crippen LogP contribution in [0.1, 0.15) is 11.3 Å². The van der Waals surface area contributed by atoms with Crippen LogP contribution in [0.25, 0.3) is 11.1 Å². The Hall–Kier alpha value is -2.05. The number of hydrogen-bond donors (Lipinski definition) is 0. The first kappa shape index (κ1) is 14.4. The van der Waals surface area contributed by atoms with Gasteiger partial charge in [-0.2, -0.15) is 26.3 Å². The van der Waals surface area contributed by atoms with Crippen LogP contribution in [0.5, 0.6) is 0 Å². The fourth-order valence-corrected chi connectivity index (χ4v) is 1.64. The highest BCUT2D eigenvalue weighted by Crippen LogP contribution is 2.34. The van der Waals surface area contributed by atoms with E-state index in [1.165, 1.54) is 12.1 Å². The van der Waals surface area contributed by atoms with E-state index < -0.39 is 23.6 Å². The normalized spacial score (nSPS) is 12.5. The van der Waals surface area contributed by atoms with Crippen LogP contribution in [0.15, 0.2) is 42.6 Å². The molecule has 0 radical (unpaired) electrons. The number of hydrogen-bond acceptors (Lipinski definition) is 1. The Balaban J connectivity index is 2.47. The van der Waals surface area contributed by atoms with Gasteiger partial charge >= 0.3 is 12.4 Å². The van der Waals surface area contributed by atoms with Gasteiger partial charge < -0.3 is 0 Å². The highest BCUT2D eigenvalue weighted by Gasteiger charge is 2.33. The molecular weight excluding hydrogens is 284 g/mol. The molecule has 0 spiro atoms. The average molecular weight is 291 g/mol. The minimum atomic E-state index is -4.64. The van der Waals surface area contributed by atoms with Gasteiger partial charge in [-0.1, -0.05) is 12.1 Å². The Morgan fingerprint density at radius 1 is 0.750 bits per heavy atom. The number of pyridine rings is 1. The second-order valence-corrected chi connectivity index (χ2v) is 4.01. The lowest BCUT2D eigenvalue weighted by molar-refractivity contribution is -0.141. The third-order valence-corrected chi connectivity index (χ3v) is 2.57. The van der Waals surface area contributed by atoms with Crippen molar-refractivity contribution in [1.82, 2.24) is 4.98 Å². The predicted molar refractivity (Wildman–Crippen MR) is 59.7 cm³/mol. The van der Waals surface area contributed by atoms with Crippen molar-refractivity contribution in [3.63, 3.8) is 0 Å². The Labute approximate surface area is 109 Å². The van der Waals surface area contributed by atoms with Gasteiger partial charge in [0.2, 0.25) is 0 Å². The molecule has 0 aliphatic heterocycles. The van der Waals surface area contributed by atoms with E-state index in [0.717, 1.165) is 30.5 Å². The number of aromatic nitrogens is 1. The van der Waals surface area contributed by atoms with E-state index >= 15 is 0 Å². The van der Waals surface area contributed by atoms with Crippen molar-refractivity contribution in [3.8, 4) is 11.1 Å². The molecule has 0 saturated carbocycles. The summed E-state index contributed by atoms with van der Waals surface area (Å²) in [6.07, 6.45) is -8.27. The first-order valence-electron chi connectivity index (χ1n) is 5.39. The maximum Gasteiger partial charge on any atom is 0.433 e. The highest BCUT2D eigenvalue weighted by molar-refractivity contribution is 5.64. The van der Waals surface area contributed by atoms with Crippen molar-refractivity contribution in [1.29, 1.82) is 0 Å². The summed E-state index contributed by atoms with van der Waals surface area (Å²) in [5, 5.41) is 0. The zero-order valence-corrected chi connectivity index (χ0v) is 9.76. The third kappa shape index (κ3) is 3.09. The summed E-state index contributed by atoms with van der Waals surface area (Å²) in [6.45, 7) is 0. The summed E-state index contributed by atoms with van der Waals surface area (Å²) in [5.41, 5.74) is -1.99. The largest absolute Gasteiger partial charge is 0.433 e. The molecule has 106 valence electrons. The molecule has 0 aliphatic carbocycles. The second-order valence-electron chi connectivity index (χ2n) is 4.01. The molecule has 0 bridgehead atoms. The Morgan fingerprint density at radius 2 is 1.40 bits per heavy atom. The summed E-state index contributed by atoms with van der Waals surface area (Å²) in [5.74, 6) is 0. The van der Waals surface area contributed by atoms with Crippen LogP contribution in [-0.4, -0.2) is 4.98 Å². The summed E-state index contributed by atoms with van der Waals surface area (Å²) in [4.78, 5) is 3.16. The number of benzene rings is 1. The number of nitrogens with zero attached hydrogens (tertiary/aromatic N) is 1. The molecule has 1 heterocycles. The van der Waals surface area contributed by atoms with Crippen molar-refractivity contribution >= 4 is 0 Å². The van der Waals surface area contributed by atoms with E-state index in [4.69, 9.17) is 0 Å². The molecule has 2 aromatic rings. The predicted octanol–water partition coefficient (Wildman–Crippen LogP) is 4.79. The SMILES string of the molecule is FC(F)(F)c1cccc(-c2ccnc(C(F)(F)F)c2)c1. The zero-order valence-electron chi connectivity index (χ0n) is 9.76.